The van der Waals surface area contributed by atoms with Gasteiger partial charge in [-0.05, 0) is 85.4 Å². The van der Waals surface area contributed by atoms with Crippen molar-refractivity contribution < 1.29 is 19.0 Å². The predicted octanol–water partition coefficient (Wildman–Crippen LogP) is 6.28. The molecule has 3 saturated carbocycles. The number of hydrogen-bond donors (Lipinski definition) is 0. The van der Waals surface area contributed by atoms with Gasteiger partial charge in [0.25, 0.3) is 0 Å². The van der Waals surface area contributed by atoms with Crippen molar-refractivity contribution in [2.75, 3.05) is 6.61 Å². The number of fused-ring (bicyclic) bond motifs is 7. The Hall–Kier alpha value is -0.870. The molecule has 6 rings (SSSR count). The molecule has 4 nitrogen and oxygen atoms in total. The molecule has 0 bridgehead atoms. The van der Waals surface area contributed by atoms with Gasteiger partial charge in [-0.25, -0.2) is 0 Å². The third-order valence-electron chi connectivity index (χ3n) is 11.7. The van der Waals surface area contributed by atoms with Crippen molar-refractivity contribution in [2.45, 2.75) is 110 Å². The Morgan fingerprint density at radius 2 is 1.91 bits per heavy atom. The Kier molecular flexibility index (Phi) is 5.18. The minimum absolute atomic E-state index is 0.0849. The van der Waals surface area contributed by atoms with Gasteiger partial charge in [0.1, 0.15) is 6.10 Å². The number of allylic oxidation sites excluding steroid dienone is 1. The molecule has 0 aromatic carbocycles. The molecule has 1 spiro atoms. The van der Waals surface area contributed by atoms with Crippen LogP contribution >= 0.6 is 0 Å². The van der Waals surface area contributed by atoms with Gasteiger partial charge in [-0.3, -0.25) is 4.79 Å². The molecule has 33 heavy (non-hydrogen) atoms. The Labute approximate surface area is 200 Å². The summed E-state index contributed by atoms with van der Waals surface area (Å²) < 4.78 is 19.0. The molecule has 0 radical (unpaired) electrons. The molecular weight excluding hydrogens is 412 g/mol. The first-order valence-corrected chi connectivity index (χ1v) is 13.8. The first-order chi connectivity index (χ1) is 15.7. The molecule has 184 valence electrons. The van der Waals surface area contributed by atoms with Crippen molar-refractivity contribution in [3.05, 3.63) is 11.6 Å². The molecule has 11 atom stereocenters. The Morgan fingerprint density at radius 3 is 2.64 bits per heavy atom. The van der Waals surface area contributed by atoms with Gasteiger partial charge >= 0.3 is 5.97 Å². The SMILES string of the molecule is CC(=O)O[C@H]1CC[C@@]2(C)C(=CC[C@@H]3[C@H]4C[C@H]5O[C@]6(CC[C@H](C)CO6)[C@H](C)[C@H]5[C@@]4(C)CC[C@H]32)C1. The maximum atomic E-state index is 11.5. The third-order valence-corrected chi connectivity index (χ3v) is 11.7. The normalized spacial score (nSPS) is 55.2. The Bertz CT molecular complexity index is 841. The van der Waals surface area contributed by atoms with Crippen LogP contribution < -0.4 is 0 Å². The summed E-state index contributed by atoms with van der Waals surface area (Å²) in [5.41, 5.74) is 2.24. The molecule has 0 N–H and O–H groups in total. The highest BCUT2D eigenvalue weighted by molar-refractivity contribution is 5.66. The molecule has 5 fully saturated rings. The van der Waals surface area contributed by atoms with Crippen LogP contribution in [0.2, 0.25) is 0 Å². The summed E-state index contributed by atoms with van der Waals surface area (Å²) in [5, 5.41) is 0. The minimum atomic E-state index is -0.312. The summed E-state index contributed by atoms with van der Waals surface area (Å²) in [5.74, 6) is 3.64. The van der Waals surface area contributed by atoms with Gasteiger partial charge in [-0.1, -0.05) is 39.3 Å². The lowest BCUT2D eigenvalue weighted by Gasteiger charge is -2.58. The quantitative estimate of drug-likeness (QED) is 0.344. The van der Waals surface area contributed by atoms with Crippen LogP contribution in [0, 0.1) is 46.3 Å². The van der Waals surface area contributed by atoms with Crippen molar-refractivity contribution in [2.24, 2.45) is 46.3 Å². The van der Waals surface area contributed by atoms with Gasteiger partial charge in [0.2, 0.25) is 0 Å². The van der Waals surface area contributed by atoms with Gasteiger partial charge in [-0.2, -0.15) is 0 Å². The van der Waals surface area contributed by atoms with E-state index in [1.165, 1.54) is 32.1 Å². The number of carbonyl (C=O) groups excluding carboxylic acids is 1. The van der Waals surface area contributed by atoms with E-state index in [9.17, 15) is 4.79 Å². The maximum Gasteiger partial charge on any atom is 0.302 e. The van der Waals surface area contributed by atoms with E-state index in [0.29, 0.717) is 29.3 Å². The Morgan fingerprint density at radius 1 is 1.09 bits per heavy atom. The molecular formula is C29H44O4. The van der Waals surface area contributed by atoms with Crippen LogP contribution in [-0.4, -0.2) is 30.6 Å². The molecule has 0 unspecified atom stereocenters. The molecule has 2 saturated heterocycles. The minimum Gasteiger partial charge on any atom is -0.462 e. The van der Waals surface area contributed by atoms with Crippen LogP contribution in [0.3, 0.4) is 0 Å². The van der Waals surface area contributed by atoms with Gasteiger partial charge in [0, 0.05) is 25.7 Å². The van der Waals surface area contributed by atoms with Crippen molar-refractivity contribution in [3.63, 3.8) is 0 Å². The number of esters is 1. The second kappa shape index (κ2) is 7.56. The first kappa shape index (κ1) is 22.6. The summed E-state index contributed by atoms with van der Waals surface area (Å²) in [6, 6.07) is 0. The molecule has 2 heterocycles. The van der Waals surface area contributed by atoms with E-state index in [1.54, 1.807) is 12.5 Å². The van der Waals surface area contributed by atoms with Crippen LogP contribution in [0.1, 0.15) is 92.4 Å². The van der Waals surface area contributed by atoms with Crippen LogP contribution in [0.4, 0.5) is 0 Å². The van der Waals surface area contributed by atoms with Gasteiger partial charge < -0.3 is 14.2 Å². The van der Waals surface area contributed by atoms with E-state index >= 15 is 0 Å². The molecule has 4 aliphatic carbocycles. The van der Waals surface area contributed by atoms with E-state index in [2.05, 4.69) is 33.8 Å². The monoisotopic (exact) mass is 456 g/mol. The molecule has 0 aromatic heterocycles. The number of carbonyl (C=O) groups is 1. The van der Waals surface area contributed by atoms with Crippen LogP contribution in [0.15, 0.2) is 11.6 Å². The van der Waals surface area contributed by atoms with Crippen LogP contribution in [0.25, 0.3) is 0 Å². The Balaban J connectivity index is 1.24. The van der Waals surface area contributed by atoms with E-state index in [-0.39, 0.29) is 23.3 Å². The largest absolute Gasteiger partial charge is 0.462 e. The van der Waals surface area contributed by atoms with Gasteiger partial charge in [0.05, 0.1) is 12.7 Å². The van der Waals surface area contributed by atoms with E-state index in [1.807, 2.05) is 0 Å². The summed E-state index contributed by atoms with van der Waals surface area (Å²) in [4.78, 5) is 11.5. The topological polar surface area (TPSA) is 44.8 Å². The van der Waals surface area contributed by atoms with Gasteiger partial charge in [0.15, 0.2) is 5.79 Å². The second-order valence-corrected chi connectivity index (χ2v) is 13.3. The lowest BCUT2D eigenvalue weighted by atomic mass is 9.47. The number of hydrogen-bond acceptors (Lipinski definition) is 4. The first-order valence-electron chi connectivity index (χ1n) is 13.8. The molecule has 4 heteroatoms. The van der Waals surface area contributed by atoms with E-state index in [0.717, 1.165) is 50.0 Å². The predicted molar refractivity (Wildman–Crippen MR) is 127 cm³/mol. The summed E-state index contributed by atoms with van der Waals surface area (Å²) >= 11 is 0. The standard InChI is InChI=1S/C29H44O4/c1-17-8-13-29(31-16-17)18(2)26-25(33-29)15-24-22-7-6-20-14-21(32-19(3)30)9-11-27(20,4)23(22)10-12-28(24,26)5/h6,17-18,21-26H,7-16H2,1-5H3/t17-,18+,21-,22-,23+,24+,25+,26+,27-,28-,29+/m0/s1. The zero-order valence-electron chi connectivity index (χ0n) is 21.4. The summed E-state index contributed by atoms with van der Waals surface area (Å²) in [7, 11) is 0. The van der Waals surface area contributed by atoms with E-state index in [4.69, 9.17) is 14.2 Å². The average Bonchev–Trinajstić information content (AvgIpc) is 3.21. The van der Waals surface area contributed by atoms with Crippen LogP contribution in [0.5, 0.6) is 0 Å². The highest BCUT2D eigenvalue weighted by atomic mass is 16.7. The summed E-state index contributed by atoms with van der Waals surface area (Å²) in [6.45, 7) is 12.3. The molecule has 0 amide bonds. The fourth-order valence-electron chi connectivity index (χ4n) is 9.98. The fraction of sp³-hybridized carbons (Fsp3) is 0.897. The van der Waals surface area contributed by atoms with E-state index < -0.39 is 0 Å². The lowest BCUT2D eigenvalue weighted by Crippen LogP contribution is -2.52. The molecule has 6 aliphatic rings. The number of rotatable bonds is 1. The highest BCUT2D eigenvalue weighted by Gasteiger charge is 2.68. The molecule has 2 aliphatic heterocycles. The fourth-order valence-corrected chi connectivity index (χ4v) is 9.98. The average molecular weight is 457 g/mol. The maximum absolute atomic E-state index is 11.5. The van der Waals surface area contributed by atoms with Crippen LogP contribution in [-0.2, 0) is 19.0 Å². The zero-order chi connectivity index (χ0) is 23.2. The molecule has 0 aromatic rings. The van der Waals surface area contributed by atoms with Crippen molar-refractivity contribution >= 4 is 5.97 Å². The lowest BCUT2D eigenvalue weighted by molar-refractivity contribution is -0.272. The highest BCUT2D eigenvalue weighted by Crippen LogP contribution is 2.70. The van der Waals surface area contributed by atoms with Crippen molar-refractivity contribution in [1.29, 1.82) is 0 Å². The smallest absolute Gasteiger partial charge is 0.302 e. The zero-order valence-corrected chi connectivity index (χ0v) is 21.4. The second-order valence-electron chi connectivity index (χ2n) is 13.3. The van der Waals surface area contributed by atoms with Crippen molar-refractivity contribution in [1.82, 2.24) is 0 Å². The summed E-state index contributed by atoms with van der Waals surface area (Å²) in [6.07, 6.45) is 13.6. The number of ether oxygens (including phenoxy) is 3. The van der Waals surface area contributed by atoms with Gasteiger partial charge in [-0.15, -0.1) is 0 Å². The third kappa shape index (κ3) is 3.18. The van der Waals surface area contributed by atoms with Crippen molar-refractivity contribution in [3.8, 4) is 0 Å².